The van der Waals surface area contributed by atoms with Gasteiger partial charge in [-0.15, -0.1) is 0 Å². The van der Waals surface area contributed by atoms with Crippen molar-refractivity contribution in [2.45, 2.75) is 44.0 Å². The number of anilines is 1. The van der Waals surface area contributed by atoms with E-state index in [1.807, 2.05) is 13.8 Å². The highest BCUT2D eigenvalue weighted by Gasteiger charge is 2.27. The zero-order valence-electron chi connectivity index (χ0n) is 13.4. The predicted octanol–water partition coefficient (Wildman–Crippen LogP) is 1.78. The van der Waals surface area contributed by atoms with Crippen molar-refractivity contribution in [1.29, 1.82) is 0 Å². The third-order valence-electron chi connectivity index (χ3n) is 3.77. The molecular formula is C15H23N3O4S. The second-order valence-electron chi connectivity index (χ2n) is 6.16. The minimum absolute atomic E-state index is 0.140. The number of sulfonamides is 1. The van der Waals surface area contributed by atoms with E-state index in [1.165, 1.54) is 22.6 Å². The molecule has 1 aliphatic rings. The molecule has 1 aliphatic heterocycles. The van der Waals surface area contributed by atoms with E-state index in [9.17, 15) is 18.3 Å². The monoisotopic (exact) mass is 341 g/mol. The lowest BCUT2D eigenvalue weighted by atomic mass is 10.0. The number of hydrogen-bond donors (Lipinski definition) is 2. The minimum Gasteiger partial charge on any atom is -0.480 e. The van der Waals surface area contributed by atoms with Crippen molar-refractivity contribution in [1.82, 2.24) is 9.29 Å². The Hall–Kier alpha value is -1.67. The summed E-state index contributed by atoms with van der Waals surface area (Å²) in [6, 6.07) is 2.24. The molecule has 1 aromatic rings. The second kappa shape index (κ2) is 7.27. The Balaban J connectivity index is 2.11. The summed E-state index contributed by atoms with van der Waals surface area (Å²) in [6.07, 6.45) is 3.50. The number of nitrogens with one attached hydrogen (secondary N) is 1. The van der Waals surface area contributed by atoms with E-state index in [2.05, 4.69) is 10.3 Å². The molecule has 2 N–H and O–H groups in total. The van der Waals surface area contributed by atoms with Gasteiger partial charge in [-0.2, -0.15) is 4.31 Å². The zero-order chi connectivity index (χ0) is 17.0. The molecule has 8 heteroatoms. The summed E-state index contributed by atoms with van der Waals surface area (Å²) < 4.78 is 26.2. The first-order valence-electron chi connectivity index (χ1n) is 7.76. The summed E-state index contributed by atoms with van der Waals surface area (Å²) in [5.41, 5.74) is 0. The SMILES string of the molecule is CC(C)CC(Nc1ccc(S(=O)(=O)N2CCCC2)cn1)C(=O)O. The molecule has 0 radical (unpaired) electrons. The van der Waals surface area contributed by atoms with Crippen LogP contribution in [0.25, 0.3) is 0 Å². The number of nitrogens with zero attached hydrogens (tertiary/aromatic N) is 2. The van der Waals surface area contributed by atoms with E-state index in [1.54, 1.807) is 0 Å². The maximum atomic E-state index is 12.4. The Kier molecular flexibility index (Phi) is 5.59. The average molecular weight is 341 g/mol. The molecule has 2 heterocycles. The van der Waals surface area contributed by atoms with Gasteiger partial charge in [0.05, 0.1) is 0 Å². The Bertz CT molecular complexity index is 637. The van der Waals surface area contributed by atoms with E-state index >= 15 is 0 Å². The van der Waals surface area contributed by atoms with Crippen LogP contribution >= 0.6 is 0 Å². The lowest BCUT2D eigenvalue weighted by Crippen LogP contribution is -2.31. The van der Waals surface area contributed by atoms with Crippen LogP contribution in [0.4, 0.5) is 5.82 Å². The molecule has 0 aromatic carbocycles. The summed E-state index contributed by atoms with van der Waals surface area (Å²) in [7, 11) is -3.49. The van der Waals surface area contributed by atoms with Gasteiger partial charge in [-0.1, -0.05) is 13.8 Å². The number of pyridine rings is 1. The van der Waals surface area contributed by atoms with Gasteiger partial charge < -0.3 is 10.4 Å². The maximum absolute atomic E-state index is 12.4. The predicted molar refractivity (Wildman–Crippen MR) is 86.7 cm³/mol. The topological polar surface area (TPSA) is 99.6 Å². The largest absolute Gasteiger partial charge is 0.480 e. The summed E-state index contributed by atoms with van der Waals surface area (Å²) in [6.45, 7) is 4.96. The van der Waals surface area contributed by atoms with Crippen LogP contribution in [0.3, 0.4) is 0 Å². The molecule has 0 bridgehead atoms. The Labute approximate surface area is 136 Å². The molecule has 23 heavy (non-hydrogen) atoms. The van der Waals surface area contributed by atoms with Crippen LogP contribution in [-0.2, 0) is 14.8 Å². The number of carboxylic acids is 1. The van der Waals surface area contributed by atoms with Crippen molar-refractivity contribution in [2.24, 2.45) is 5.92 Å². The van der Waals surface area contributed by atoms with Crippen molar-refractivity contribution in [3.05, 3.63) is 18.3 Å². The van der Waals surface area contributed by atoms with Gasteiger partial charge in [-0.05, 0) is 37.3 Å². The third kappa shape index (κ3) is 4.42. The summed E-state index contributed by atoms with van der Waals surface area (Å²) in [5, 5.41) is 12.1. The van der Waals surface area contributed by atoms with Crippen molar-refractivity contribution in [2.75, 3.05) is 18.4 Å². The summed E-state index contributed by atoms with van der Waals surface area (Å²) in [4.78, 5) is 15.5. The molecule has 1 unspecified atom stereocenters. The first-order chi connectivity index (χ1) is 10.8. The Morgan fingerprint density at radius 2 is 2.00 bits per heavy atom. The van der Waals surface area contributed by atoms with Gasteiger partial charge in [0, 0.05) is 19.3 Å². The van der Waals surface area contributed by atoms with Gasteiger partial charge in [0.2, 0.25) is 10.0 Å². The van der Waals surface area contributed by atoms with Crippen molar-refractivity contribution in [3.63, 3.8) is 0 Å². The van der Waals surface area contributed by atoms with Crippen LogP contribution in [0.15, 0.2) is 23.2 Å². The van der Waals surface area contributed by atoms with Crippen LogP contribution in [0.1, 0.15) is 33.1 Å². The molecule has 0 saturated carbocycles. The molecule has 128 valence electrons. The molecule has 2 rings (SSSR count). The van der Waals surface area contributed by atoms with Crippen LogP contribution in [0.2, 0.25) is 0 Å². The number of aromatic nitrogens is 1. The van der Waals surface area contributed by atoms with Crippen LogP contribution in [-0.4, -0.2) is 47.9 Å². The molecule has 1 atom stereocenters. The quantitative estimate of drug-likeness (QED) is 0.784. The van der Waals surface area contributed by atoms with Crippen LogP contribution in [0.5, 0.6) is 0 Å². The molecule has 0 spiro atoms. The highest BCUT2D eigenvalue weighted by molar-refractivity contribution is 7.89. The molecule has 0 amide bonds. The van der Waals surface area contributed by atoms with E-state index in [0.717, 1.165) is 12.8 Å². The molecule has 1 saturated heterocycles. The second-order valence-corrected chi connectivity index (χ2v) is 8.09. The van der Waals surface area contributed by atoms with Gasteiger partial charge in [0.25, 0.3) is 0 Å². The van der Waals surface area contributed by atoms with E-state index < -0.39 is 22.0 Å². The standard InChI is InChI=1S/C15H23N3O4S/c1-11(2)9-13(15(19)20)17-14-6-5-12(10-16-14)23(21,22)18-7-3-4-8-18/h5-6,10-11,13H,3-4,7-9H2,1-2H3,(H,16,17)(H,19,20). The van der Waals surface area contributed by atoms with Crippen LogP contribution < -0.4 is 5.32 Å². The van der Waals surface area contributed by atoms with Gasteiger partial charge in [0.15, 0.2) is 0 Å². The van der Waals surface area contributed by atoms with E-state index in [4.69, 9.17) is 0 Å². The third-order valence-corrected chi connectivity index (χ3v) is 5.65. The lowest BCUT2D eigenvalue weighted by molar-refractivity contribution is -0.138. The average Bonchev–Trinajstić information content (AvgIpc) is 3.01. The highest BCUT2D eigenvalue weighted by atomic mass is 32.2. The number of carboxylic acid groups (broad SMARTS) is 1. The summed E-state index contributed by atoms with van der Waals surface area (Å²) in [5.74, 6) is -0.369. The molecular weight excluding hydrogens is 318 g/mol. The van der Waals surface area contributed by atoms with Crippen molar-refractivity contribution in [3.8, 4) is 0 Å². The van der Waals surface area contributed by atoms with E-state index in [-0.39, 0.29) is 10.8 Å². The number of aliphatic carboxylic acids is 1. The fourth-order valence-electron chi connectivity index (χ4n) is 2.57. The summed E-state index contributed by atoms with van der Waals surface area (Å²) >= 11 is 0. The first-order valence-corrected chi connectivity index (χ1v) is 9.20. The Morgan fingerprint density at radius 1 is 1.35 bits per heavy atom. The number of rotatable bonds is 7. The molecule has 1 fully saturated rings. The van der Waals surface area contributed by atoms with Gasteiger partial charge in [0.1, 0.15) is 16.8 Å². The zero-order valence-corrected chi connectivity index (χ0v) is 14.2. The van der Waals surface area contributed by atoms with Crippen molar-refractivity contribution < 1.29 is 18.3 Å². The number of carbonyl (C=O) groups is 1. The van der Waals surface area contributed by atoms with Gasteiger partial charge in [-0.3, -0.25) is 0 Å². The smallest absolute Gasteiger partial charge is 0.326 e. The molecule has 0 aliphatic carbocycles. The lowest BCUT2D eigenvalue weighted by Gasteiger charge is -2.18. The number of hydrogen-bond acceptors (Lipinski definition) is 5. The Morgan fingerprint density at radius 3 is 2.48 bits per heavy atom. The van der Waals surface area contributed by atoms with Crippen molar-refractivity contribution >= 4 is 21.8 Å². The molecule has 1 aromatic heterocycles. The first kappa shape index (κ1) is 17.7. The fraction of sp³-hybridized carbons (Fsp3) is 0.600. The van der Waals surface area contributed by atoms with E-state index in [0.29, 0.717) is 25.3 Å². The highest BCUT2D eigenvalue weighted by Crippen LogP contribution is 2.21. The van der Waals surface area contributed by atoms with Crippen LogP contribution in [0, 0.1) is 5.92 Å². The fourth-order valence-corrected chi connectivity index (χ4v) is 4.03. The van der Waals surface area contributed by atoms with Gasteiger partial charge in [-0.25, -0.2) is 18.2 Å². The normalized spacial score (nSPS) is 17.3. The van der Waals surface area contributed by atoms with Gasteiger partial charge >= 0.3 is 5.97 Å². The maximum Gasteiger partial charge on any atom is 0.326 e. The minimum atomic E-state index is -3.49. The molecule has 7 nitrogen and oxygen atoms in total.